The predicted molar refractivity (Wildman–Crippen MR) is 83.7 cm³/mol. The Morgan fingerprint density at radius 1 is 1.41 bits per heavy atom. The van der Waals surface area contributed by atoms with Gasteiger partial charge >= 0.3 is 0 Å². The van der Waals surface area contributed by atoms with Crippen LogP contribution in [0.3, 0.4) is 0 Å². The molecule has 3 rings (SSSR count). The zero-order valence-corrected chi connectivity index (χ0v) is 13.5. The van der Waals surface area contributed by atoms with Crippen LogP contribution in [-0.2, 0) is 25.9 Å². The van der Waals surface area contributed by atoms with Gasteiger partial charge in [-0.3, -0.25) is 14.6 Å². The van der Waals surface area contributed by atoms with Crippen molar-refractivity contribution < 1.29 is 4.79 Å². The van der Waals surface area contributed by atoms with Crippen LogP contribution in [0.15, 0.2) is 6.20 Å². The van der Waals surface area contributed by atoms with Gasteiger partial charge in [-0.15, -0.1) is 0 Å². The molecule has 0 unspecified atom stereocenters. The van der Waals surface area contributed by atoms with E-state index in [0.29, 0.717) is 6.54 Å². The summed E-state index contributed by atoms with van der Waals surface area (Å²) in [6.07, 6.45) is 4.63. The molecule has 1 aliphatic heterocycles. The van der Waals surface area contributed by atoms with E-state index in [2.05, 4.69) is 29.1 Å². The molecule has 2 aromatic heterocycles. The van der Waals surface area contributed by atoms with E-state index in [0.717, 1.165) is 49.3 Å². The molecule has 1 aliphatic rings. The van der Waals surface area contributed by atoms with Crippen molar-refractivity contribution in [2.45, 2.75) is 53.1 Å². The topological polar surface area (TPSA) is 66.8 Å². The maximum Gasteiger partial charge on any atom is 0.257 e. The standard InChI is InChI=1S/C16H23N5O/c1-4-7-21-10-12(11(3)19-21)16(22)20-8-6-15-13(9-20)14(5-2)17-18-15/h10H,4-9H2,1-3H3,(H,17,18). The van der Waals surface area contributed by atoms with Gasteiger partial charge in [-0.25, -0.2) is 0 Å². The van der Waals surface area contributed by atoms with Crippen molar-refractivity contribution in [2.75, 3.05) is 6.54 Å². The summed E-state index contributed by atoms with van der Waals surface area (Å²) in [5.41, 5.74) is 4.98. The molecule has 0 spiro atoms. The molecule has 0 fully saturated rings. The van der Waals surface area contributed by atoms with E-state index >= 15 is 0 Å². The molecule has 22 heavy (non-hydrogen) atoms. The van der Waals surface area contributed by atoms with Crippen LogP contribution >= 0.6 is 0 Å². The van der Waals surface area contributed by atoms with Gasteiger partial charge < -0.3 is 4.90 Å². The van der Waals surface area contributed by atoms with Gasteiger partial charge in [0.15, 0.2) is 0 Å². The van der Waals surface area contributed by atoms with Crippen LogP contribution in [-0.4, -0.2) is 37.3 Å². The fourth-order valence-corrected chi connectivity index (χ4v) is 3.06. The molecule has 6 heteroatoms. The normalized spacial score (nSPS) is 14.2. The third-order valence-electron chi connectivity index (χ3n) is 4.27. The summed E-state index contributed by atoms with van der Waals surface area (Å²) in [6.45, 7) is 8.33. The van der Waals surface area contributed by atoms with Crippen LogP contribution in [0.4, 0.5) is 0 Å². The Bertz CT molecular complexity index is 671. The third-order valence-corrected chi connectivity index (χ3v) is 4.27. The van der Waals surface area contributed by atoms with Gasteiger partial charge in [0.05, 0.1) is 17.0 Å². The van der Waals surface area contributed by atoms with E-state index in [1.807, 2.05) is 22.7 Å². The molecular weight excluding hydrogens is 278 g/mol. The Morgan fingerprint density at radius 2 is 2.23 bits per heavy atom. The highest BCUT2D eigenvalue weighted by molar-refractivity contribution is 5.95. The summed E-state index contributed by atoms with van der Waals surface area (Å²) in [6, 6.07) is 0. The number of amides is 1. The molecule has 0 aliphatic carbocycles. The number of carbonyl (C=O) groups is 1. The summed E-state index contributed by atoms with van der Waals surface area (Å²) < 4.78 is 1.87. The number of aromatic nitrogens is 4. The Morgan fingerprint density at radius 3 is 2.95 bits per heavy atom. The average molecular weight is 301 g/mol. The minimum Gasteiger partial charge on any atom is -0.334 e. The van der Waals surface area contributed by atoms with Gasteiger partial charge in [-0.2, -0.15) is 10.2 Å². The maximum absolute atomic E-state index is 12.8. The van der Waals surface area contributed by atoms with Crippen molar-refractivity contribution in [1.82, 2.24) is 24.9 Å². The second kappa shape index (κ2) is 5.94. The predicted octanol–water partition coefficient (Wildman–Crippen LogP) is 2.09. The maximum atomic E-state index is 12.8. The number of hydrogen-bond donors (Lipinski definition) is 1. The molecule has 0 saturated heterocycles. The summed E-state index contributed by atoms with van der Waals surface area (Å²) in [5, 5.41) is 11.9. The molecule has 0 atom stereocenters. The highest BCUT2D eigenvalue weighted by Crippen LogP contribution is 2.22. The molecule has 1 amide bonds. The summed E-state index contributed by atoms with van der Waals surface area (Å²) >= 11 is 0. The number of nitrogens with one attached hydrogen (secondary N) is 1. The third kappa shape index (κ3) is 2.53. The minimum atomic E-state index is 0.0776. The first-order valence-electron chi connectivity index (χ1n) is 8.02. The Hall–Kier alpha value is -2.11. The highest BCUT2D eigenvalue weighted by atomic mass is 16.2. The smallest absolute Gasteiger partial charge is 0.257 e. The summed E-state index contributed by atoms with van der Waals surface area (Å²) in [4.78, 5) is 14.7. The molecule has 2 aromatic rings. The van der Waals surface area contributed by atoms with Gasteiger partial charge in [0.1, 0.15) is 0 Å². The number of hydrogen-bond acceptors (Lipinski definition) is 3. The molecule has 3 heterocycles. The van der Waals surface area contributed by atoms with E-state index in [1.165, 1.54) is 11.3 Å². The average Bonchev–Trinajstić information content (AvgIpc) is 3.09. The van der Waals surface area contributed by atoms with E-state index in [-0.39, 0.29) is 5.91 Å². The van der Waals surface area contributed by atoms with Crippen molar-refractivity contribution in [3.63, 3.8) is 0 Å². The van der Waals surface area contributed by atoms with Crippen molar-refractivity contribution in [3.8, 4) is 0 Å². The lowest BCUT2D eigenvalue weighted by atomic mass is 10.0. The minimum absolute atomic E-state index is 0.0776. The van der Waals surface area contributed by atoms with E-state index in [4.69, 9.17) is 0 Å². The Labute approximate surface area is 130 Å². The van der Waals surface area contributed by atoms with E-state index < -0.39 is 0 Å². The lowest BCUT2D eigenvalue weighted by molar-refractivity contribution is 0.0733. The van der Waals surface area contributed by atoms with Gasteiger partial charge in [-0.1, -0.05) is 13.8 Å². The summed E-state index contributed by atoms with van der Waals surface area (Å²) in [7, 11) is 0. The van der Waals surface area contributed by atoms with Crippen LogP contribution in [0.5, 0.6) is 0 Å². The molecule has 6 nitrogen and oxygen atoms in total. The molecule has 0 bridgehead atoms. The zero-order valence-electron chi connectivity index (χ0n) is 13.5. The van der Waals surface area contributed by atoms with Crippen LogP contribution in [0, 0.1) is 6.92 Å². The van der Waals surface area contributed by atoms with E-state index in [1.54, 1.807) is 0 Å². The van der Waals surface area contributed by atoms with Gasteiger partial charge in [0.25, 0.3) is 5.91 Å². The lowest BCUT2D eigenvalue weighted by Gasteiger charge is -2.27. The molecule has 0 radical (unpaired) electrons. The molecule has 118 valence electrons. The van der Waals surface area contributed by atoms with Crippen LogP contribution in [0.2, 0.25) is 0 Å². The van der Waals surface area contributed by atoms with Crippen molar-refractivity contribution in [3.05, 3.63) is 34.4 Å². The number of aryl methyl sites for hydroxylation is 3. The van der Waals surface area contributed by atoms with Gasteiger partial charge in [-0.05, 0) is 19.8 Å². The number of aromatic amines is 1. The lowest BCUT2D eigenvalue weighted by Crippen LogP contribution is -2.36. The number of rotatable bonds is 4. The first-order valence-corrected chi connectivity index (χ1v) is 8.02. The molecule has 0 saturated carbocycles. The van der Waals surface area contributed by atoms with Crippen LogP contribution in [0.1, 0.15) is 53.3 Å². The van der Waals surface area contributed by atoms with E-state index in [9.17, 15) is 4.79 Å². The van der Waals surface area contributed by atoms with Crippen LogP contribution < -0.4 is 0 Å². The largest absolute Gasteiger partial charge is 0.334 e. The Balaban J connectivity index is 1.81. The number of nitrogens with zero attached hydrogens (tertiary/aromatic N) is 4. The first-order chi connectivity index (χ1) is 10.6. The monoisotopic (exact) mass is 301 g/mol. The number of fused-ring (bicyclic) bond motifs is 1. The fraction of sp³-hybridized carbons (Fsp3) is 0.562. The molecule has 0 aromatic carbocycles. The highest BCUT2D eigenvalue weighted by Gasteiger charge is 2.27. The van der Waals surface area contributed by atoms with Gasteiger partial charge in [0.2, 0.25) is 0 Å². The number of carbonyl (C=O) groups excluding carboxylic acids is 1. The fourth-order valence-electron chi connectivity index (χ4n) is 3.06. The van der Waals surface area contributed by atoms with Crippen molar-refractivity contribution >= 4 is 5.91 Å². The second-order valence-electron chi connectivity index (χ2n) is 5.85. The molecule has 1 N–H and O–H groups in total. The van der Waals surface area contributed by atoms with Crippen LogP contribution in [0.25, 0.3) is 0 Å². The van der Waals surface area contributed by atoms with Gasteiger partial charge in [0, 0.05) is 43.5 Å². The van der Waals surface area contributed by atoms with Crippen molar-refractivity contribution in [2.24, 2.45) is 0 Å². The van der Waals surface area contributed by atoms with Crippen molar-refractivity contribution in [1.29, 1.82) is 0 Å². The number of H-pyrrole nitrogens is 1. The molecular formula is C16H23N5O. The SMILES string of the molecule is CCCn1cc(C(=O)N2CCc3[nH]nc(CC)c3C2)c(C)n1. The first kappa shape index (κ1) is 14.8. The Kier molecular flexibility index (Phi) is 4.00. The quantitative estimate of drug-likeness (QED) is 0.940. The zero-order chi connectivity index (χ0) is 15.7. The summed E-state index contributed by atoms with van der Waals surface area (Å²) in [5.74, 6) is 0.0776. The second-order valence-corrected chi connectivity index (χ2v) is 5.85.